The molecule has 0 saturated heterocycles. The predicted molar refractivity (Wildman–Crippen MR) is 74.6 cm³/mol. The molecule has 0 aliphatic heterocycles. The van der Waals surface area contributed by atoms with Crippen molar-refractivity contribution in [3.8, 4) is 5.95 Å². The number of nitrogens with two attached hydrogens (primary N) is 1. The second-order valence-electron chi connectivity index (χ2n) is 3.82. The van der Waals surface area contributed by atoms with E-state index in [0.717, 1.165) is 6.42 Å². The van der Waals surface area contributed by atoms with Crippen molar-refractivity contribution in [1.29, 1.82) is 0 Å². The molecule has 1 atom stereocenters. The van der Waals surface area contributed by atoms with Crippen molar-refractivity contribution in [1.82, 2.24) is 29.7 Å². The average Bonchev–Trinajstić information content (AvgIpc) is 2.97. The van der Waals surface area contributed by atoms with Crippen LogP contribution in [0.2, 0.25) is 0 Å². The molecule has 0 spiro atoms. The lowest BCUT2D eigenvalue weighted by molar-refractivity contribution is 0.685. The van der Waals surface area contributed by atoms with Crippen molar-refractivity contribution < 1.29 is 4.21 Å². The molecular weight excluding hydrogens is 282 g/mol. The highest BCUT2D eigenvalue weighted by Gasteiger charge is 2.07. The first-order valence-electron chi connectivity index (χ1n) is 5.80. The average molecular weight is 297 g/mol. The minimum Gasteiger partial charge on any atom is -0.354 e. The lowest BCUT2D eigenvalue weighted by atomic mass is 10.5. The van der Waals surface area contributed by atoms with Gasteiger partial charge in [0.2, 0.25) is 11.9 Å². The third-order valence-corrected chi connectivity index (χ3v) is 3.13. The van der Waals surface area contributed by atoms with Gasteiger partial charge in [-0.05, 0) is 6.42 Å². The van der Waals surface area contributed by atoms with Gasteiger partial charge in [0.25, 0.3) is 5.95 Å². The number of rotatable bonds is 7. The molecule has 108 valence electrons. The number of anilines is 2. The van der Waals surface area contributed by atoms with Crippen molar-refractivity contribution in [2.24, 2.45) is 5.84 Å². The first kappa shape index (κ1) is 14.3. The van der Waals surface area contributed by atoms with Crippen molar-refractivity contribution in [3.63, 3.8) is 0 Å². The van der Waals surface area contributed by atoms with Crippen LogP contribution in [0.1, 0.15) is 6.42 Å². The zero-order chi connectivity index (χ0) is 14.4. The van der Waals surface area contributed by atoms with Crippen LogP contribution in [-0.4, -0.2) is 52.5 Å². The quantitative estimate of drug-likeness (QED) is 0.331. The fourth-order valence-electron chi connectivity index (χ4n) is 1.40. The molecule has 2 heterocycles. The van der Waals surface area contributed by atoms with Crippen molar-refractivity contribution >= 4 is 22.7 Å². The van der Waals surface area contributed by atoms with E-state index in [1.165, 1.54) is 17.3 Å². The van der Waals surface area contributed by atoms with E-state index in [1.54, 1.807) is 6.26 Å². The third-order valence-electron chi connectivity index (χ3n) is 2.27. The van der Waals surface area contributed by atoms with E-state index in [0.29, 0.717) is 24.2 Å². The molecule has 10 nitrogen and oxygen atoms in total. The maximum Gasteiger partial charge on any atom is 0.258 e. The summed E-state index contributed by atoms with van der Waals surface area (Å²) < 4.78 is 12.4. The molecule has 1 unspecified atom stereocenters. The number of nitrogens with zero attached hydrogens (tertiary/aromatic N) is 6. The number of nitrogen functional groups attached to an aromatic ring is 1. The zero-order valence-corrected chi connectivity index (χ0v) is 11.7. The Morgan fingerprint density at radius 3 is 2.80 bits per heavy atom. The molecule has 2 rings (SSSR count). The Morgan fingerprint density at radius 2 is 2.15 bits per heavy atom. The second-order valence-corrected chi connectivity index (χ2v) is 5.38. The van der Waals surface area contributed by atoms with Gasteiger partial charge < -0.3 is 5.32 Å². The lowest BCUT2D eigenvalue weighted by Crippen LogP contribution is -2.16. The second kappa shape index (κ2) is 6.86. The van der Waals surface area contributed by atoms with E-state index in [-0.39, 0.29) is 5.95 Å². The minimum absolute atomic E-state index is 0.215. The van der Waals surface area contributed by atoms with Gasteiger partial charge in [0, 0.05) is 29.4 Å². The van der Waals surface area contributed by atoms with E-state index >= 15 is 0 Å². The fourth-order valence-corrected chi connectivity index (χ4v) is 1.95. The number of hydrogen-bond acceptors (Lipinski definition) is 9. The summed E-state index contributed by atoms with van der Waals surface area (Å²) in [7, 11) is -0.806. The third kappa shape index (κ3) is 3.93. The Labute approximate surface area is 117 Å². The van der Waals surface area contributed by atoms with E-state index in [4.69, 9.17) is 5.84 Å². The first-order chi connectivity index (χ1) is 9.69. The minimum atomic E-state index is -0.806. The smallest absolute Gasteiger partial charge is 0.258 e. The van der Waals surface area contributed by atoms with Crippen LogP contribution in [0.15, 0.2) is 12.7 Å². The summed E-state index contributed by atoms with van der Waals surface area (Å²) in [5.74, 6) is 6.81. The van der Waals surface area contributed by atoms with Crippen LogP contribution < -0.4 is 16.6 Å². The highest BCUT2D eigenvalue weighted by atomic mass is 32.2. The summed E-state index contributed by atoms with van der Waals surface area (Å²) in [6, 6.07) is 0. The van der Waals surface area contributed by atoms with E-state index in [9.17, 15) is 4.21 Å². The van der Waals surface area contributed by atoms with Crippen LogP contribution in [0, 0.1) is 0 Å². The van der Waals surface area contributed by atoms with E-state index in [1.807, 2.05) is 0 Å². The van der Waals surface area contributed by atoms with Crippen LogP contribution in [0.4, 0.5) is 11.9 Å². The molecule has 0 saturated carbocycles. The Bertz CT molecular complexity index is 573. The molecule has 4 N–H and O–H groups in total. The van der Waals surface area contributed by atoms with Crippen molar-refractivity contribution in [3.05, 3.63) is 12.7 Å². The zero-order valence-electron chi connectivity index (χ0n) is 10.9. The number of nitrogens with one attached hydrogen (secondary N) is 2. The molecule has 0 fully saturated rings. The predicted octanol–water partition coefficient (Wildman–Crippen LogP) is -1.08. The number of hydrogen-bond donors (Lipinski definition) is 3. The molecule has 0 aromatic carbocycles. The van der Waals surface area contributed by atoms with Gasteiger partial charge in [-0.25, -0.2) is 10.8 Å². The van der Waals surface area contributed by atoms with Crippen LogP contribution in [-0.2, 0) is 10.8 Å². The largest absolute Gasteiger partial charge is 0.354 e. The van der Waals surface area contributed by atoms with Crippen LogP contribution >= 0.6 is 0 Å². The van der Waals surface area contributed by atoms with Gasteiger partial charge in [0.1, 0.15) is 12.7 Å². The van der Waals surface area contributed by atoms with E-state index < -0.39 is 10.8 Å². The van der Waals surface area contributed by atoms with Crippen LogP contribution in [0.3, 0.4) is 0 Å². The van der Waals surface area contributed by atoms with Crippen molar-refractivity contribution in [2.75, 3.05) is 29.3 Å². The Morgan fingerprint density at radius 1 is 1.35 bits per heavy atom. The van der Waals surface area contributed by atoms with Gasteiger partial charge in [-0.3, -0.25) is 9.63 Å². The molecule has 0 bridgehead atoms. The molecule has 2 aromatic rings. The van der Waals surface area contributed by atoms with Gasteiger partial charge in [0.15, 0.2) is 0 Å². The molecular formula is C9H15N9OS. The number of hydrazine groups is 1. The molecule has 0 radical (unpaired) electrons. The lowest BCUT2D eigenvalue weighted by Gasteiger charge is -2.07. The van der Waals surface area contributed by atoms with Gasteiger partial charge in [-0.1, -0.05) is 0 Å². The first-order valence-corrected chi connectivity index (χ1v) is 7.53. The Kier molecular flexibility index (Phi) is 4.90. The standard InChI is InChI=1S/C9H15N9OS/c1-20(19)4-2-3-12-7-14-8(17-10)16-9(15-7)18-6-11-5-13-18/h5-6H,2-4,10H2,1H3,(H2,12,14,15,16,17). The topological polar surface area (TPSA) is 137 Å². The summed E-state index contributed by atoms with van der Waals surface area (Å²) in [5.41, 5.74) is 2.37. The maximum atomic E-state index is 11.0. The summed E-state index contributed by atoms with van der Waals surface area (Å²) in [6.45, 7) is 0.602. The highest BCUT2D eigenvalue weighted by Crippen LogP contribution is 2.07. The summed E-state index contributed by atoms with van der Waals surface area (Å²) in [4.78, 5) is 16.2. The summed E-state index contributed by atoms with van der Waals surface area (Å²) >= 11 is 0. The Hall–Kier alpha value is -2.14. The SMILES string of the molecule is CS(=O)CCCNc1nc(NN)nc(-n2cncn2)n1. The van der Waals surface area contributed by atoms with Crippen LogP contribution in [0.5, 0.6) is 0 Å². The molecule has 0 amide bonds. The summed E-state index contributed by atoms with van der Waals surface area (Å²) in [6.07, 6.45) is 5.27. The van der Waals surface area contributed by atoms with E-state index in [2.05, 4.69) is 35.8 Å². The molecule has 0 aliphatic carbocycles. The fraction of sp³-hybridized carbons (Fsp3) is 0.444. The van der Waals surface area contributed by atoms with Gasteiger partial charge in [0.05, 0.1) is 0 Å². The normalized spacial score (nSPS) is 12.1. The molecule has 11 heteroatoms. The van der Waals surface area contributed by atoms with Gasteiger partial charge in [-0.15, -0.1) is 0 Å². The highest BCUT2D eigenvalue weighted by molar-refractivity contribution is 7.84. The van der Waals surface area contributed by atoms with Crippen LogP contribution in [0.25, 0.3) is 5.95 Å². The number of aromatic nitrogens is 6. The molecule has 0 aliphatic rings. The van der Waals surface area contributed by atoms with Crippen molar-refractivity contribution in [2.45, 2.75) is 6.42 Å². The molecule has 20 heavy (non-hydrogen) atoms. The van der Waals surface area contributed by atoms with Gasteiger partial charge >= 0.3 is 0 Å². The summed E-state index contributed by atoms with van der Waals surface area (Å²) in [5, 5.41) is 6.96. The maximum absolute atomic E-state index is 11.0. The molecule has 2 aromatic heterocycles. The Balaban J connectivity index is 2.08. The monoisotopic (exact) mass is 297 g/mol. The van der Waals surface area contributed by atoms with Gasteiger partial charge in [-0.2, -0.15) is 24.7 Å².